The van der Waals surface area contributed by atoms with Crippen molar-refractivity contribution < 1.29 is 68.1 Å². The molecule has 10 atom stereocenters. The third-order valence-electron chi connectivity index (χ3n) is 21.4. The van der Waals surface area contributed by atoms with E-state index in [1.807, 2.05) is 24.3 Å². The number of aliphatic carboxylic acids is 2. The molecule has 2 aromatic carbocycles. The number of likely N-dealkylation sites (N-methyl/N-ethyl adjacent to an activating group) is 2. The second-order valence-corrected chi connectivity index (χ2v) is 29.9. The molecular weight excluding hydrogens is 1260 g/mol. The molecular formula is C76H124N4O14S2. The molecule has 0 aliphatic heterocycles. The van der Waals surface area contributed by atoms with Gasteiger partial charge in [0.25, 0.3) is 0 Å². The van der Waals surface area contributed by atoms with Gasteiger partial charge in [0.05, 0.1) is 17.7 Å². The molecule has 0 radical (unpaired) electrons. The molecule has 0 spiro atoms. The average Bonchev–Trinajstić information content (AvgIpc) is 1.60. The molecule has 20 heteroatoms. The number of carbonyl (C=O) groups is 6. The lowest BCUT2D eigenvalue weighted by Gasteiger charge is -2.35. The molecule has 3 amide bonds. The summed E-state index contributed by atoms with van der Waals surface area (Å²) in [5, 5.41) is 46.7. The lowest BCUT2D eigenvalue weighted by molar-refractivity contribution is -0.140. The Morgan fingerprint density at radius 3 is 1.65 bits per heavy atom. The first-order valence-electron chi connectivity index (χ1n) is 36.9. The lowest BCUT2D eigenvalue weighted by Crippen LogP contribution is -2.56. The minimum absolute atomic E-state index is 0.00807. The number of fused-ring (bicyclic) bond motifs is 4. The van der Waals surface area contributed by atoms with Crippen LogP contribution in [0, 0.1) is 35.5 Å². The van der Waals surface area contributed by atoms with Crippen LogP contribution in [0.3, 0.4) is 0 Å². The van der Waals surface area contributed by atoms with E-state index in [-0.39, 0.29) is 60.3 Å². The third kappa shape index (κ3) is 26.1. The number of thiol groups is 2. The number of nitrogens with zero attached hydrogens (tertiary/aromatic N) is 2. The van der Waals surface area contributed by atoms with Gasteiger partial charge in [-0.1, -0.05) is 115 Å². The number of carboxylic acid groups (broad SMARTS) is 2. The second-order valence-electron chi connectivity index (χ2n) is 29.0. The van der Waals surface area contributed by atoms with Crippen LogP contribution in [0.25, 0.3) is 0 Å². The number of hydrogen-bond donors (Lipinski definition) is 8. The number of nitrogens with one attached hydrogen (secondary N) is 2. The maximum atomic E-state index is 13.7. The van der Waals surface area contributed by atoms with Crippen molar-refractivity contribution in [3.05, 3.63) is 58.7 Å². The van der Waals surface area contributed by atoms with Gasteiger partial charge in [0.1, 0.15) is 29.2 Å². The van der Waals surface area contributed by atoms with E-state index < -0.39 is 47.9 Å². The summed E-state index contributed by atoms with van der Waals surface area (Å²) in [6, 6.07) is 11.6. The van der Waals surface area contributed by atoms with Crippen molar-refractivity contribution in [3.8, 4) is 11.5 Å². The number of Topliss-reactive ketones (excluding diaryl/α,β-unsaturated/α-hetero) is 1. The van der Waals surface area contributed by atoms with E-state index in [0.717, 1.165) is 175 Å². The van der Waals surface area contributed by atoms with Crippen LogP contribution in [0.1, 0.15) is 237 Å². The van der Waals surface area contributed by atoms with Crippen molar-refractivity contribution in [2.24, 2.45) is 35.5 Å². The number of aliphatic hydroxyl groups excluding tert-OH is 2. The fourth-order valence-electron chi connectivity index (χ4n) is 15.0. The monoisotopic (exact) mass is 1380 g/mol. The third-order valence-corrected chi connectivity index (χ3v) is 22.0. The van der Waals surface area contributed by atoms with E-state index in [1.165, 1.54) is 48.3 Å². The highest BCUT2D eigenvalue weighted by Crippen LogP contribution is 2.51. The van der Waals surface area contributed by atoms with Crippen molar-refractivity contribution in [1.29, 1.82) is 0 Å². The second kappa shape index (κ2) is 43.0. The van der Waals surface area contributed by atoms with Crippen LogP contribution < -0.4 is 20.1 Å². The topological polar surface area (TPSA) is 251 Å². The van der Waals surface area contributed by atoms with Crippen LogP contribution in [-0.2, 0) is 54.3 Å². The Morgan fingerprint density at radius 2 is 1.08 bits per heavy atom. The molecule has 2 fully saturated rings. The minimum Gasteiger partial charge on any atom is -0.482 e. The van der Waals surface area contributed by atoms with Gasteiger partial charge in [0.15, 0.2) is 19.0 Å². The summed E-state index contributed by atoms with van der Waals surface area (Å²) in [6.45, 7) is 12.9. The molecule has 2 aromatic rings. The minimum atomic E-state index is -1.06. The van der Waals surface area contributed by atoms with Crippen LogP contribution in [0.4, 0.5) is 9.59 Å². The maximum Gasteiger partial charge on any atom is 0.410 e. The van der Waals surface area contributed by atoms with E-state index in [2.05, 4.69) is 61.9 Å². The van der Waals surface area contributed by atoms with E-state index in [0.29, 0.717) is 62.0 Å². The number of hydrogen-bond acceptors (Lipinski definition) is 15. The van der Waals surface area contributed by atoms with E-state index in [9.17, 15) is 44.1 Å². The normalized spacial score (nSPS) is 20.8. The highest BCUT2D eigenvalue weighted by Gasteiger charge is 2.49. The first kappa shape index (κ1) is 81.9. The molecule has 4 aliphatic carbocycles. The highest BCUT2D eigenvalue weighted by molar-refractivity contribution is 7.80. The zero-order valence-electron chi connectivity index (χ0n) is 59.8. The van der Waals surface area contributed by atoms with Crippen LogP contribution in [0.15, 0.2) is 36.4 Å². The van der Waals surface area contributed by atoms with E-state index >= 15 is 0 Å². The Labute approximate surface area is 586 Å². The largest absolute Gasteiger partial charge is 0.482 e. The fourth-order valence-corrected chi connectivity index (χ4v) is 15.4. The number of ketones is 1. The van der Waals surface area contributed by atoms with Gasteiger partial charge >= 0.3 is 24.1 Å². The summed E-state index contributed by atoms with van der Waals surface area (Å²) in [5.74, 6) is 2.19. The van der Waals surface area contributed by atoms with E-state index in [4.69, 9.17) is 24.1 Å². The predicted molar refractivity (Wildman–Crippen MR) is 386 cm³/mol. The van der Waals surface area contributed by atoms with Crippen molar-refractivity contribution in [2.45, 2.75) is 276 Å². The molecule has 6 rings (SSSR count). The summed E-state index contributed by atoms with van der Waals surface area (Å²) in [4.78, 5) is 78.7. The molecule has 96 heavy (non-hydrogen) atoms. The number of carboxylic acids is 2. The number of aliphatic hydroxyl groups is 2. The number of rotatable bonds is 45. The molecule has 18 nitrogen and oxygen atoms in total. The van der Waals surface area contributed by atoms with Gasteiger partial charge in [0, 0.05) is 27.1 Å². The van der Waals surface area contributed by atoms with Gasteiger partial charge < -0.3 is 50.0 Å². The first-order chi connectivity index (χ1) is 46.0. The molecule has 0 bridgehead atoms. The summed E-state index contributed by atoms with van der Waals surface area (Å²) >= 11 is 8.51. The van der Waals surface area contributed by atoms with Gasteiger partial charge in [-0.3, -0.25) is 19.4 Å². The summed E-state index contributed by atoms with van der Waals surface area (Å²) in [6.07, 6.45) is 26.4. The Hall–Kier alpha value is -4.76. The molecule has 2 saturated carbocycles. The van der Waals surface area contributed by atoms with Crippen LogP contribution in [0.2, 0.25) is 0 Å². The number of carbonyl (C=O) groups excluding carboxylic acids is 4. The Balaban J connectivity index is 0.000000347. The SMILES string of the molecule is CCCCC[C@@H](CC[C@@H]1[C@H]2Cc3cccc(OCC(=O)O)c3C[C@H]2C[C@H]1O)OC(=O)N(C)C(C)(C)C(=O)NCCCCCCCCCS.CCCCC[C@H](O)CC[C@@H]1[C@H]2Cc3cccc(OCC(=O)O)c3C[C@H]2C[C@H]1OC(=O)N(C)C(C)(C)C(=O)CCCNCCCCCCS. The number of ether oxygens (including phenoxy) is 4. The molecule has 0 aromatic heterocycles. The Morgan fingerprint density at radius 1 is 0.583 bits per heavy atom. The number of benzene rings is 2. The van der Waals surface area contributed by atoms with Crippen LogP contribution in [-0.4, -0.2) is 160 Å². The van der Waals surface area contributed by atoms with E-state index in [1.54, 1.807) is 41.8 Å². The van der Waals surface area contributed by atoms with Crippen molar-refractivity contribution in [3.63, 3.8) is 0 Å². The standard InChI is InChI=1S/2C38H62N2O7S/c1-5-6-12-17-29(47-37(45)40(4)38(2,3)36(44)39-21-13-10-8-7-9-11-14-22-48)19-20-30-31-23-27-16-15-18-34(46-26-35(42)43)32(27)24-28(31)25-33(30)41;1-5-6-9-15-29(41)18-19-30-31-23-27-14-12-16-33(46-26-36(43)44)32(27)24-28(31)25-34(30)47-37(45)40(4)38(2,3)35(42)17-13-21-39-20-10-7-8-11-22-48/h15-16,18,28-31,33,41,48H,5-14,17,19-26H2,1-4H3,(H,39,44)(H,42,43);12,14,16,28-31,34,39,41,48H,5-11,13,15,17-26H2,1-4H3,(H,43,44)/t28-,29-,30+,31-,33+;28-,29-,30+,31-,34+/m00/s1. The van der Waals surface area contributed by atoms with Crippen LogP contribution >= 0.6 is 25.3 Å². The van der Waals surface area contributed by atoms with Gasteiger partial charge in [-0.2, -0.15) is 25.3 Å². The fraction of sp³-hybridized carbons (Fsp3) is 0.763. The first-order valence-corrected chi connectivity index (χ1v) is 38.1. The maximum absolute atomic E-state index is 13.7. The van der Waals surface area contributed by atoms with Gasteiger partial charge in [-0.15, -0.1) is 0 Å². The summed E-state index contributed by atoms with van der Waals surface area (Å²) < 4.78 is 23.6. The molecule has 0 heterocycles. The Kier molecular flexibility index (Phi) is 36.7. The molecule has 0 saturated heterocycles. The van der Waals surface area contributed by atoms with Crippen molar-refractivity contribution in [2.75, 3.05) is 58.4 Å². The smallest absolute Gasteiger partial charge is 0.410 e. The number of unbranched alkanes of at least 4 members (excludes halogenated alkanes) is 13. The van der Waals surface area contributed by atoms with Gasteiger partial charge in [-0.05, 0) is 238 Å². The Bertz CT molecular complexity index is 2680. The van der Waals surface area contributed by atoms with Crippen LogP contribution in [0.5, 0.6) is 11.5 Å². The average molecular weight is 1380 g/mol. The van der Waals surface area contributed by atoms with Gasteiger partial charge in [0.2, 0.25) is 5.91 Å². The number of amides is 3. The van der Waals surface area contributed by atoms with Gasteiger partial charge in [-0.25, -0.2) is 19.2 Å². The zero-order chi connectivity index (χ0) is 70.2. The lowest BCUT2D eigenvalue weighted by atomic mass is 9.73. The van der Waals surface area contributed by atoms with Crippen molar-refractivity contribution >= 4 is 61.1 Å². The zero-order valence-corrected chi connectivity index (χ0v) is 61.6. The molecule has 6 N–H and O–H groups in total. The predicted octanol–water partition coefficient (Wildman–Crippen LogP) is 14.1. The summed E-state index contributed by atoms with van der Waals surface area (Å²) in [5.41, 5.74) is 2.33. The highest BCUT2D eigenvalue weighted by atomic mass is 32.1. The van der Waals surface area contributed by atoms with Crippen molar-refractivity contribution in [1.82, 2.24) is 20.4 Å². The summed E-state index contributed by atoms with van der Waals surface area (Å²) in [7, 11) is 3.29. The molecule has 0 unspecified atom stereocenters. The quantitative estimate of drug-likeness (QED) is 0.0227. The molecule has 4 aliphatic rings. The molecule has 544 valence electrons.